The number of nitrogens with zero attached hydrogens (tertiary/aromatic N) is 2. The highest BCUT2D eigenvalue weighted by atomic mass is 32.2. The maximum absolute atomic E-state index is 12.2. The standard InChI is InChI=1S/C14H20N2O4S/c1-4-21(18,19)12-8-16(9-12)14(17)11-5-6-13(15-7-11)20-10(2)3/h5-7,10,12H,4,8-9H2,1-3H3. The Labute approximate surface area is 125 Å². The molecule has 1 aromatic rings. The fourth-order valence-corrected chi connectivity index (χ4v) is 3.35. The fraction of sp³-hybridized carbons (Fsp3) is 0.571. The Bertz CT molecular complexity index is 604. The average Bonchev–Trinajstić information content (AvgIpc) is 2.36. The van der Waals surface area contributed by atoms with Crippen LogP contribution in [0, 0.1) is 0 Å². The van der Waals surface area contributed by atoms with Crippen LogP contribution >= 0.6 is 0 Å². The topological polar surface area (TPSA) is 76.6 Å². The minimum atomic E-state index is -3.06. The molecule has 0 aliphatic carbocycles. The van der Waals surface area contributed by atoms with Crippen molar-refractivity contribution in [2.45, 2.75) is 32.1 Å². The van der Waals surface area contributed by atoms with E-state index in [1.807, 2.05) is 13.8 Å². The molecule has 0 bridgehead atoms. The predicted molar refractivity (Wildman–Crippen MR) is 79.2 cm³/mol. The summed E-state index contributed by atoms with van der Waals surface area (Å²) in [4.78, 5) is 17.8. The van der Waals surface area contributed by atoms with E-state index in [9.17, 15) is 13.2 Å². The van der Waals surface area contributed by atoms with Gasteiger partial charge < -0.3 is 9.64 Å². The number of carbonyl (C=O) groups excluding carboxylic acids is 1. The molecular formula is C14H20N2O4S. The molecule has 1 aliphatic heterocycles. The van der Waals surface area contributed by atoms with Crippen LogP contribution in [0.3, 0.4) is 0 Å². The number of hydrogen-bond acceptors (Lipinski definition) is 5. The average molecular weight is 312 g/mol. The minimum absolute atomic E-state index is 0.0226. The lowest BCUT2D eigenvalue weighted by Crippen LogP contribution is -2.57. The largest absolute Gasteiger partial charge is 0.475 e. The summed E-state index contributed by atoms with van der Waals surface area (Å²) in [7, 11) is -3.06. The maximum atomic E-state index is 12.2. The van der Waals surface area contributed by atoms with Crippen LogP contribution < -0.4 is 4.74 Å². The van der Waals surface area contributed by atoms with E-state index in [0.29, 0.717) is 11.4 Å². The third-order valence-electron chi connectivity index (χ3n) is 3.39. The molecule has 6 nitrogen and oxygen atoms in total. The van der Waals surface area contributed by atoms with Gasteiger partial charge in [-0.05, 0) is 19.9 Å². The van der Waals surface area contributed by atoms with Crippen molar-refractivity contribution >= 4 is 15.7 Å². The maximum Gasteiger partial charge on any atom is 0.255 e. The molecule has 2 rings (SSSR count). The summed E-state index contributed by atoms with van der Waals surface area (Å²) in [5.41, 5.74) is 0.443. The van der Waals surface area contributed by atoms with Gasteiger partial charge in [-0.15, -0.1) is 0 Å². The second-order valence-corrected chi connectivity index (χ2v) is 7.91. The Morgan fingerprint density at radius 1 is 1.43 bits per heavy atom. The van der Waals surface area contributed by atoms with Gasteiger partial charge in [-0.25, -0.2) is 13.4 Å². The monoisotopic (exact) mass is 312 g/mol. The van der Waals surface area contributed by atoms with E-state index in [1.165, 1.54) is 11.1 Å². The van der Waals surface area contributed by atoms with Crippen LogP contribution in [0.25, 0.3) is 0 Å². The summed E-state index contributed by atoms with van der Waals surface area (Å²) in [6.07, 6.45) is 1.48. The first-order valence-corrected chi connectivity index (χ1v) is 8.68. The SMILES string of the molecule is CCS(=O)(=O)C1CN(C(=O)c2ccc(OC(C)C)nc2)C1. The summed E-state index contributed by atoms with van der Waals surface area (Å²) in [6.45, 7) is 5.94. The zero-order valence-electron chi connectivity index (χ0n) is 12.4. The molecule has 2 heterocycles. The Kier molecular flexibility index (Phi) is 4.51. The van der Waals surface area contributed by atoms with Crippen LogP contribution in [0.1, 0.15) is 31.1 Å². The molecule has 1 aromatic heterocycles. The van der Waals surface area contributed by atoms with Gasteiger partial charge >= 0.3 is 0 Å². The molecule has 0 saturated carbocycles. The van der Waals surface area contributed by atoms with E-state index in [1.54, 1.807) is 19.1 Å². The van der Waals surface area contributed by atoms with E-state index >= 15 is 0 Å². The number of pyridine rings is 1. The lowest BCUT2D eigenvalue weighted by Gasteiger charge is -2.38. The zero-order chi connectivity index (χ0) is 15.6. The molecule has 7 heteroatoms. The van der Waals surface area contributed by atoms with Crippen molar-refractivity contribution in [2.24, 2.45) is 0 Å². The molecule has 1 aliphatic rings. The quantitative estimate of drug-likeness (QED) is 0.814. The highest BCUT2D eigenvalue weighted by Gasteiger charge is 2.38. The summed E-state index contributed by atoms with van der Waals surface area (Å²) in [5.74, 6) is 0.389. The molecule has 0 atom stereocenters. The molecule has 1 saturated heterocycles. The van der Waals surface area contributed by atoms with Gasteiger partial charge in [0.1, 0.15) is 0 Å². The summed E-state index contributed by atoms with van der Waals surface area (Å²) in [5, 5.41) is -0.428. The van der Waals surface area contributed by atoms with Crippen molar-refractivity contribution in [3.8, 4) is 5.88 Å². The van der Waals surface area contributed by atoms with Gasteiger partial charge in [0.05, 0.1) is 16.9 Å². The Balaban J connectivity index is 1.96. The van der Waals surface area contributed by atoms with Gasteiger partial charge in [-0.3, -0.25) is 4.79 Å². The van der Waals surface area contributed by atoms with Gasteiger partial charge in [0.15, 0.2) is 9.84 Å². The van der Waals surface area contributed by atoms with Crippen molar-refractivity contribution < 1.29 is 17.9 Å². The molecule has 0 N–H and O–H groups in total. The molecular weight excluding hydrogens is 292 g/mol. The van der Waals surface area contributed by atoms with Gasteiger partial charge in [0.25, 0.3) is 5.91 Å². The summed E-state index contributed by atoms with van der Waals surface area (Å²) < 4.78 is 28.7. The Morgan fingerprint density at radius 2 is 2.10 bits per heavy atom. The van der Waals surface area contributed by atoms with Crippen molar-refractivity contribution in [3.63, 3.8) is 0 Å². The number of ether oxygens (including phenoxy) is 1. The molecule has 0 radical (unpaired) electrons. The third kappa shape index (κ3) is 3.53. The molecule has 21 heavy (non-hydrogen) atoms. The first-order valence-electron chi connectivity index (χ1n) is 6.97. The number of likely N-dealkylation sites (tertiary alicyclic amines) is 1. The normalized spacial score (nSPS) is 15.9. The lowest BCUT2D eigenvalue weighted by molar-refractivity contribution is 0.0658. The van der Waals surface area contributed by atoms with E-state index in [0.717, 1.165) is 0 Å². The number of carbonyl (C=O) groups is 1. The van der Waals surface area contributed by atoms with Gasteiger partial charge in [0, 0.05) is 31.1 Å². The zero-order valence-corrected chi connectivity index (χ0v) is 13.3. The van der Waals surface area contributed by atoms with E-state index in [-0.39, 0.29) is 30.9 Å². The fourth-order valence-electron chi connectivity index (χ4n) is 2.07. The Hall–Kier alpha value is -1.63. The number of sulfone groups is 1. The smallest absolute Gasteiger partial charge is 0.255 e. The minimum Gasteiger partial charge on any atom is -0.475 e. The second-order valence-electron chi connectivity index (χ2n) is 5.34. The summed E-state index contributed by atoms with van der Waals surface area (Å²) in [6, 6.07) is 3.29. The molecule has 0 aromatic carbocycles. The number of rotatable bonds is 5. The Morgan fingerprint density at radius 3 is 2.57 bits per heavy atom. The highest BCUT2D eigenvalue weighted by molar-refractivity contribution is 7.92. The van der Waals surface area contributed by atoms with Crippen molar-refractivity contribution in [1.29, 1.82) is 0 Å². The van der Waals surface area contributed by atoms with Crippen molar-refractivity contribution in [2.75, 3.05) is 18.8 Å². The van der Waals surface area contributed by atoms with Crippen LogP contribution in [-0.2, 0) is 9.84 Å². The van der Waals surface area contributed by atoms with Crippen LogP contribution in [-0.4, -0.2) is 54.4 Å². The number of amides is 1. The van der Waals surface area contributed by atoms with Gasteiger partial charge in [0.2, 0.25) is 5.88 Å². The van der Waals surface area contributed by atoms with Crippen LogP contribution in [0.2, 0.25) is 0 Å². The first-order chi connectivity index (χ1) is 9.83. The van der Waals surface area contributed by atoms with E-state index < -0.39 is 15.1 Å². The molecule has 1 fully saturated rings. The second kappa shape index (κ2) is 6.01. The van der Waals surface area contributed by atoms with Crippen LogP contribution in [0.5, 0.6) is 5.88 Å². The van der Waals surface area contributed by atoms with E-state index in [2.05, 4.69) is 4.98 Å². The van der Waals surface area contributed by atoms with Crippen molar-refractivity contribution in [3.05, 3.63) is 23.9 Å². The van der Waals surface area contributed by atoms with Crippen LogP contribution in [0.4, 0.5) is 0 Å². The molecule has 116 valence electrons. The number of aromatic nitrogens is 1. The van der Waals surface area contributed by atoms with Gasteiger partial charge in [-0.2, -0.15) is 0 Å². The predicted octanol–water partition coefficient (Wildman–Crippen LogP) is 1.13. The lowest BCUT2D eigenvalue weighted by atomic mass is 10.1. The third-order valence-corrected chi connectivity index (χ3v) is 5.50. The first kappa shape index (κ1) is 15.8. The van der Waals surface area contributed by atoms with Crippen LogP contribution in [0.15, 0.2) is 18.3 Å². The molecule has 1 amide bonds. The summed E-state index contributed by atoms with van der Waals surface area (Å²) >= 11 is 0. The van der Waals surface area contributed by atoms with Crippen molar-refractivity contribution in [1.82, 2.24) is 9.88 Å². The molecule has 0 spiro atoms. The number of hydrogen-bond donors (Lipinski definition) is 0. The van der Waals surface area contributed by atoms with Gasteiger partial charge in [-0.1, -0.05) is 6.92 Å². The highest BCUT2D eigenvalue weighted by Crippen LogP contribution is 2.20. The molecule has 0 unspecified atom stereocenters. The van der Waals surface area contributed by atoms with E-state index in [4.69, 9.17) is 4.74 Å².